The number of aromatic nitrogens is 1. The molecule has 2 saturated heterocycles. The van der Waals surface area contributed by atoms with Crippen LogP contribution in [0.25, 0.3) is 10.9 Å². The molecule has 2 aliphatic heterocycles. The fourth-order valence-electron chi connectivity index (χ4n) is 4.72. The molecule has 1 aromatic carbocycles. The maximum absolute atomic E-state index is 11.7. The standard InChI is InChI=1S/C21H29N5O/c1-15-16(17-6-3-4-7-18(17)25-15)8-10-23-20(22-2)26-11-5-9-21(14-26)12-19(27)24-13-21/h3-4,6-7,25H,5,8-14H2,1-2H3,(H,22,23)(H,24,27). The van der Waals surface area contributed by atoms with Crippen molar-refractivity contribution in [2.45, 2.75) is 32.6 Å². The van der Waals surface area contributed by atoms with Gasteiger partial charge >= 0.3 is 0 Å². The number of nitrogens with zero attached hydrogens (tertiary/aromatic N) is 2. The third-order valence-corrected chi connectivity index (χ3v) is 6.05. The number of aryl methyl sites for hydroxylation is 1. The number of aliphatic imine (C=N–C) groups is 1. The highest BCUT2D eigenvalue weighted by Gasteiger charge is 2.42. The largest absolute Gasteiger partial charge is 0.358 e. The van der Waals surface area contributed by atoms with E-state index in [1.807, 2.05) is 7.05 Å². The summed E-state index contributed by atoms with van der Waals surface area (Å²) in [5, 5.41) is 7.86. The van der Waals surface area contributed by atoms with Gasteiger partial charge in [-0.3, -0.25) is 9.79 Å². The molecule has 1 aromatic heterocycles. The van der Waals surface area contributed by atoms with Crippen molar-refractivity contribution in [3.8, 4) is 0 Å². The summed E-state index contributed by atoms with van der Waals surface area (Å²) in [5.41, 5.74) is 3.89. The van der Waals surface area contributed by atoms with Gasteiger partial charge in [0.05, 0.1) is 0 Å². The highest BCUT2D eigenvalue weighted by Crippen LogP contribution is 2.36. The predicted molar refractivity (Wildman–Crippen MR) is 109 cm³/mol. The number of likely N-dealkylation sites (tertiary alicyclic amines) is 1. The smallest absolute Gasteiger partial charge is 0.220 e. The van der Waals surface area contributed by atoms with Gasteiger partial charge in [-0.25, -0.2) is 0 Å². The molecule has 3 N–H and O–H groups in total. The highest BCUT2D eigenvalue weighted by atomic mass is 16.1. The van der Waals surface area contributed by atoms with Crippen LogP contribution >= 0.6 is 0 Å². The summed E-state index contributed by atoms with van der Waals surface area (Å²) in [6.07, 6.45) is 3.83. The van der Waals surface area contributed by atoms with Crippen LogP contribution < -0.4 is 10.6 Å². The van der Waals surface area contributed by atoms with Gasteiger partial charge < -0.3 is 20.5 Å². The number of nitrogens with one attached hydrogen (secondary N) is 3. The molecule has 3 heterocycles. The van der Waals surface area contributed by atoms with Crippen molar-refractivity contribution in [1.29, 1.82) is 0 Å². The minimum atomic E-state index is 0.0837. The Balaban J connectivity index is 1.39. The molecular weight excluding hydrogens is 338 g/mol. The van der Waals surface area contributed by atoms with Crippen molar-refractivity contribution in [2.75, 3.05) is 33.2 Å². The van der Waals surface area contributed by atoms with Crippen LogP contribution in [0.2, 0.25) is 0 Å². The number of fused-ring (bicyclic) bond motifs is 1. The van der Waals surface area contributed by atoms with E-state index in [9.17, 15) is 4.79 Å². The lowest BCUT2D eigenvalue weighted by atomic mass is 9.79. The molecule has 6 nitrogen and oxygen atoms in total. The summed E-state index contributed by atoms with van der Waals surface area (Å²) < 4.78 is 0. The van der Waals surface area contributed by atoms with Crippen LogP contribution in [0.5, 0.6) is 0 Å². The Hall–Kier alpha value is -2.50. The number of hydrogen-bond donors (Lipinski definition) is 3. The molecule has 0 radical (unpaired) electrons. The Morgan fingerprint density at radius 3 is 3.00 bits per heavy atom. The van der Waals surface area contributed by atoms with Crippen molar-refractivity contribution in [1.82, 2.24) is 20.5 Å². The van der Waals surface area contributed by atoms with Gasteiger partial charge in [-0.05, 0) is 37.8 Å². The molecule has 1 spiro atoms. The Morgan fingerprint density at radius 1 is 1.37 bits per heavy atom. The molecule has 27 heavy (non-hydrogen) atoms. The summed E-state index contributed by atoms with van der Waals surface area (Å²) in [6, 6.07) is 8.47. The molecule has 144 valence electrons. The SMILES string of the molecule is CN=C(NCCc1c(C)[nH]c2ccccc12)N1CCCC2(CNC(=O)C2)C1. The molecule has 0 aliphatic carbocycles. The van der Waals surface area contributed by atoms with Crippen molar-refractivity contribution in [3.05, 3.63) is 35.5 Å². The second kappa shape index (κ2) is 7.25. The first-order valence-corrected chi connectivity index (χ1v) is 9.89. The number of hydrogen-bond acceptors (Lipinski definition) is 2. The fraction of sp³-hybridized carbons (Fsp3) is 0.524. The number of guanidine groups is 1. The number of rotatable bonds is 3. The fourth-order valence-corrected chi connectivity index (χ4v) is 4.72. The van der Waals surface area contributed by atoms with E-state index >= 15 is 0 Å². The number of carbonyl (C=O) groups excluding carboxylic acids is 1. The number of piperidine rings is 1. The molecule has 1 atom stereocenters. The Bertz CT molecular complexity index is 871. The van der Waals surface area contributed by atoms with E-state index in [1.54, 1.807) is 0 Å². The van der Waals surface area contributed by atoms with E-state index in [0.717, 1.165) is 51.4 Å². The molecule has 2 aromatic rings. The Labute approximate surface area is 160 Å². The third kappa shape index (κ3) is 3.53. The summed E-state index contributed by atoms with van der Waals surface area (Å²) in [4.78, 5) is 22.0. The van der Waals surface area contributed by atoms with Crippen LogP contribution in [0, 0.1) is 12.3 Å². The van der Waals surface area contributed by atoms with Gasteiger partial charge in [-0.1, -0.05) is 18.2 Å². The molecule has 4 rings (SSSR count). The van der Waals surface area contributed by atoms with Crippen LogP contribution in [0.1, 0.15) is 30.5 Å². The van der Waals surface area contributed by atoms with Gasteiger partial charge in [0.2, 0.25) is 5.91 Å². The summed E-state index contributed by atoms with van der Waals surface area (Å²) in [5.74, 6) is 1.14. The van der Waals surface area contributed by atoms with E-state index < -0.39 is 0 Å². The van der Waals surface area contributed by atoms with E-state index in [2.05, 4.69) is 56.7 Å². The monoisotopic (exact) mass is 367 g/mol. The van der Waals surface area contributed by atoms with Crippen molar-refractivity contribution in [3.63, 3.8) is 0 Å². The van der Waals surface area contributed by atoms with Crippen molar-refractivity contribution < 1.29 is 4.79 Å². The summed E-state index contributed by atoms with van der Waals surface area (Å²) in [6.45, 7) is 5.69. The molecule has 1 amide bonds. The van der Waals surface area contributed by atoms with E-state index in [0.29, 0.717) is 6.42 Å². The summed E-state index contributed by atoms with van der Waals surface area (Å²) >= 11 is 0. The second-order valence-electron chi connectivity index (χ2n) is 7.98. The Kier molecular flexibility index (Phi) is 4.81. The first-order valence-electron chi connectivity index (χ1n) is 9.89. The third-order valence-electron chi connectivity index (χ3n) is 6.05. The zero-order valence-corrected chi connectivity index (χ0v) is 16.3. The minimum Gasteiger partial charge on any atom is -0.358 e. The highest BCUT2D eigenvalue weighted by molar-refractivity contribution is 5.85. The maximum atomic E-state index is 11.7. The minimum absolute atomic E-state index is 0.0837. The quantitative estimate of drug-likeness (QED) is 0.575. The van der Waals surface area contributed by atoms with E-state index in [4.69, 9.17) is 0 Å². The molecule has 1 unspecified atom stereocenters. The lowest BCUT2D eigenvalue weighted by Gasteiger charge is -2.40. The summed E-state index contributed by atoms with van der Waals surface area (Å²) in [7, 11) is 1.85. The van der Waals surface area contributed by atoms with Gasteiger partial charge in [0.25, 0.3) is 0 Å². The van der Waals surface area contributed by atoms with Crippen LogP contribution in [-0.2, 0) is 11.2 Å². The number of aromatic amines is 1. The number of amides is 1. The maximum Gasteiger partial charge on any atom is 0.220 e. The average molecular weight is 367 g/mol. The van der Waals surface area contributed by atoms with Crippen LogP contribution in [0.15, 0.2) is 29.3 Å². The lowest BCUT2D eigenvalue weighted by molar-refractivity contribution is -0.119. The average Bonchev–Trinajstić information content (AvgIpc) is 3.18. The molecule has 0 saturated carbocycles. The van der Waals surface area contributed by atoms with Crippen LogP contribution in [0.4, 0.5) is 0 Å². The van der Waals surface area contributed by atoms with E-state index in [-0.39, 0.29) is 11.3 Å². The first kappa shape index (κ1) is 17.9. The molecular formula is C21H29N5O. The Morgan fingerprint density at radius 2 is 2.22 bits per heavy atom. The van der Waals surface area contributed by atoms with Gasteiger partial charge in [0.15, 0.2) is 5.96 Å². The normalized spacial score (nSPS) is 23.3. The van der Waals surface area contributed by atoms with Crippen LogP contribution in [-0.4, -0.2) is 55.0 Å². The number of para-hydroxylation sites is 1. The lowest BCUT2D eigenvalue weighted by Crippen LogP contribution is -2.51. The number of benzene rings is 1. The topological polar surface area (TPSA) is 72.5 Å². The zero-order chi connectivity index (χ0) is 18.9. The van der Waals surface area contributed by atoms with Gasteiger partial charge in [-0.2, -0.15) is 0 Å². The van der Waals surface area contributed by atoms with E-state index in [1.165, 1.54) is 22.2 Å². The van der Waals surface area contributed by atoms with Crippen molar-refractivity contribution in [2.24, 2.45) is 10.4 Å². The molecule has 2 aliphatic rings. The molecule has 0 bridgehead atoms. The molecule has 2 fully saturated rings. The van der Waals surface area contributed by atoms with Gasteiger partial charge in [0, 0.05) is 61.7 Å². The number of carbonyl (C=O) groups is 1. The second-order valence-corrected chi connectivity index (χ2v) is 7.98. The predicted octanol–water partition coefficient (Wildman–Crippen LogP) is 2.20. The molecule has 6 heteroatoms. The zero-order valence-electron chi connectivity index (χ0n) is 16.3. The van der Waals surface area contributed by atoms with Crippen molar-refractivity contribution >= 4 is 22.8 Å². The van der Waals surface area contributed by atoms with Crippen LogP contribution in [0.3, 0.4) is 0 Å². The first-order chi connectivity index (χ1) is 13.1. The van der Waals surface area contributed by atoms with Gasteiger partial charge in [-0.15, -0.1) is 0 Å². The number of H-pyrrole nitrogens is 1. The van der Waals surface area contributed by atoms with Gasteiger partial charge in [0.1, 0.15) is 0 Å².